The molecule has 0 aliphatic carbocycles. The summed E-state index contributed by atoms with van der Waals surface area (Å²) in [5, 5.41) is 10.7. The molecule has 0 spiro atoms. The first kappa shape index (κ1) is 19.6. The van der Waals surface area contributed by atoms with Gasteiger partial charge < -0.3 is 24.1 Å². The summed E-state index contributed by atoms with van der Waals surface area (Å²) in [5.41, 5.74) is 2.37. The Hall–Kier alpha value is -0.683. The quantitative estimate of drug-likeness (QED) is 0.477. The normalized spacial score (nSPS) is 36.4. The van der Waals surface area contributed by atoms with Crippen LogP contribution in [0.25, 0.3) is 0 Å². The third-order valence-corrected chi connectivity index (χ3v) is 5.13. The molecule has 2 saturated heterocycles. The molecule has 0 unspecified atom stereocenters. The van der Waals surface area contributed by atoms with E-state index in [9.17, 15) is 5.11 Å². The van der Waals surface area contributed by atoms with E-state index in [0.29, 0.717) is 6.42 Å². The van der Waals surface area contributed by atoms with E-state index in [-0.39, 0.29) is 0 Å². The number of rotatable bonds is 4. The minimum absolute atomic E-state index is 0.415. The van der Waals surface area contributed by atoms with E-state index < -0.39 is 44.1 Å². The third-order valence-electron chi connectivity index (χ3n) is 4.24. The van der Waals surface area contributed by atoms with Crippen molar-refractivity contribution in [3.05, 3.63) is 12.2 Å². The lowest BCUT2D eigenvalue weighted by atomic mass is 9.85. The molecule has 6 heteroatoms. The lowest BCUT2D eigenvalue weighted by Gasteiger charge is -2.37. The van der Waals surface area contributed by atoms with Crippen molar-refractivity contribution >= 4 is 8.07 Å². The van der Waals surface area contributed by atoms with Crippen LogP contribution in [0.1, 0.15) is 27.2 Å². The highest BCUT2D eigenvalue weighted by Crippen LogP contribution is 2.47. The minimum atomic E-state index is -1.60. The number of allylic oxidation sites excluding steroid dienone is 1. The Morgan fingerprint density at radius 2 is 1.96 bits per heavy atom. The van der Waals surface area contributed by atoms with Crippen LogP contribution in [0.5, 0.6) is 0 Å². The molecular formula is C18H30O5Si. The number of fused-ring (bicyclic) bond motifs is 1. The van der Waals surface area contributed by atoms with Crippen LogP contribution in [0.15, 0.2) is 12.2 Å². The average Bonchev–Trinajstić information content (AvgIpc) is 2.92. The maximum Gasteiger partial charge on any atom is 0.190 e. The molecule has 136 valence electrons. The van der Waals surface area contributed by atoms with Gasteiger partial charge in [-0.25, -0.2) is 0 Å². The molecular weight excluding hydrogens is 324 g/mol. The third kappa shape index (κ3) is 3.93. The number of hydrogen-bond acceptors (Lipinski definition) is 5. The van der Waals surface area contributed by atoms with Gasteiger partial charge in [-0.05, 0) is 27.2 Å². The van der Waals surface area contributed by atoms with Gasteiger partial charge in [0.05, 0.1) is 0 Å². The standard InChI is InChI=1S/C18H30O5Si/c1-8-9-11-18(20-4)14(13(19)10-12-24(5,6)7)21-16-15(18)22-17(2,3)23-16/h8-9,13-16,19H,11H2,1-7H3/b9-8-/t13-,14+,15+,16-,18-/m1/s1. The second kappa shape index (κ2) is 6.91. The first-order valence-electron chi connectivity index (χ1n) is 8.43. The minimum Gasteiger partial charge on any atom is -0.378 e. The number of hydrogen-bond donors (Lipinski definition) is 1. The van der Waals surface area contributed by atoms with E-state index in [4.69, 9.17) is 18.9 Å². The summed E-state index contributed by atoms with van der Waals surface area (Å²) >= 11 is 0. The fourth-order valence-electron chi connectivity index (χ4n) is 3.14. The molecule has 0 bridgehead atoms. The van der Waals surface area contributed by atoms with Gasteiger partial charge in [-0.1, -0.05) is 37.7 Å². The molecule has 2 aliphatic heterocycles. The second-order valence-corrected chi connectivity index (χ2v) is 12.6. The van der Waals surface area contributed by atoms with Crippen molar-refractivity contribution < 1.29 is 24.1 Å². The molecule has 2 rings (SSSR count). The van der Waals surface area contributed by atoms with Crippen molar-refractivity contribution in [2.75, 3.05) is 7.11 Å². The molecule has 0 aromatic rings. The van der Waals surface area contributed by atoms with E-state index >= 15 is 0 Å². The molecule has 5 atom stereocenters. The second-order valence-electron chi connectivity index (χ2n) is 7.88. The highest BCUT2D eigenvalue weighted by Gasteiger charge is 2.65. The van der Waals surface area contributed by atoms with E-state index in [1.54, 1.807) is 7.11 Å². The van der Waals surface area contributed by atoms with Crippen molar-refractivity contribution in [2.45, 2.75) is 82.8 Å². The predicted molar refractivity (Wildman–Crippen MR) is 95.0 cm³/mol. The first-order chi connectivity index (χ1) is 11.0. The SMILES string of the molecule is C/C=C\C[C@]1(OC)[C@H]2OC(C)(C)O[C@H]2O[C@H]1[C@H](O)C#C[Si](C)(C)C. The predicted octanol–water partition coefficient (Wildman–Crippen LogP) is 2.46. The topological polar surface area (TPSA) is 57.2 Å². The fourth-order valence-corrected chi connectivity index (χ4v) is 3.72. The van der Waals surface area contributed by atoms with Gasteiger partial charge in [-0.3, -0.25) is 0 Å². The van der Waals surface area contributed by atoms with Crippen molar-refractivity contribution in [1.82, 2.24) is 0 Å². The summed E-state index contributed by atoms with van der Waals surface area (Å²) in [6, 6.07) is 0. The first-order valence-corrected chi connectivity index (χ1v) is 11.9. The highest BCUT2D eigenvalue weighted by molar-refractivity contribution is 6.83. The molecule has 0 aromatic carbocycles. The van der Waals surface area contributed by atoms with Crippen LogP contribution in [0.4, 0.5) is 0 Å². The van der Waals surface area contributed by atoms with Crippen molar-refractivity contribution in [1.29, 1.82) is 0 Å². The van der Waals surface area contributed by atoms with Crippen LogP contribution in [0.3, 0.4) is 0 Å². The van der Waals surface area contributed by atoms with Gasteiger partial charge in [0.1, 0.15) is 32.0 Å². The van der Waals surface area contributed by atoms with Crippen molar-refractivity contribution in [3.8, 4) is 11.5 Å². The molecule has 2 heterocycles. The fraction of sp³-hybridized carbons (Fsp3) is 0.778. The monoisotopic (exact) mass is 354 g/mol. The molecule has 5 nitrogen and oxygen atoms in total. The Morgan fingerprint density at radius 1 is 1.29 bits per heavy atom. The van der Waals surface area contributed by atoms with Crippen LogP contribution >= 0.6 is 0 Å². The van der Waals surface area contributed by atoms with Crippen molar-refractivity contribution in [2.24, 2.45) is 0 Å². The van der Waals surface area contributed by atoms with Crippen molar-refractivity contribution in [3.63, 3.8) is 0 Å². The van der Waals surface area contributed by atoms with E-state index in [0.717, 1.165) is 0 Å². The van der Waals surface area contributed by atoms with Gasteiger partial charge in [0.15, 0.2) is 12.1 Å². The number of methoxy groups -OCH3 is 1. The van der Waals surface area contributed by atoms with Crippen LogP contribution in [-0.2, 0) is 18.9 Å². The van der Waals surface area contributed by atoms with Gasteiger partial charge in [0.25, 0.3) is 0 Å². The summed E-state index contributed by atoms with van der Waals surface area (Å²) in [6.07, 6.45) is 1.93. The lowest BCUT2D eigenvalue weighted by Crippen LogP contribution is -2.54. The zero-order valence-corrected chi connectivity index (χ0v) is 16.8. The Kier molecular flexibility index (Phi) is 5.65. The molecule has 0 amide bonds. The maximum absolute atomic E-state index is 10.7. The largest absolute Gasteiger partial charge is 0.378 e. The Labute approximate surface area is 146 Å². The average molecular weight is 355 g/mol. The highest BCUT2D eigenvalue weighted by atomic mass is 28.3. The summed E-state index contributed by atoms with van der Waals surface area (Å²) in [5.74, 6) is 2.23. The van der Waals surface area contributed by atoms with E-state index in [1.165, 1.54) is 0 Å². The summed E-state index contributed by atoms with van der Waals surface area (Å²) in [4.78, 5) is 0. The van der Waals surface area contributed by atoms with Crippen LogP contribution in [0.2, 0.25) is 19.6 Å². The molecule has 2 fully saturated rings. The molecule has 2 aliphatic rings. The smallest absolute Gasteiger partial charge is 0.190 e. The number of aliphatic hydroxyl groups is 1. The van der Waals surface area contributed by atoms with Gasteiger partial charge in [0.2, 0.25) is 0 Å². The van der Waals surface area contributed by atoms with Crippen LogP contribution < -0.4 is 0 Å². The molecule has 24 heavy (non-hydrogen) atoms. The van der Waals surface area contributed by atoms with Crippen LogP contribution in [-0.4, -0.2) is 56.3 Å². The molecule has 0 saturated carbocycles. The van der Waals surface area contributed by atoms with Gasteiger partial charge in [0, 0.05) is 7.11 Å². The summed E-state index contributed by atoms with van der Waals surface area (Å²) in [7, 11) is 0.0224. The Balaban J connectivity index is 2.34. The van der Waals surface area contributed by atoms with E-state index in [1.807, 2.05) is 32.9 Å². The summed E-state index contributed by atoms with van der Waals surface area (Å²) < 4.78 is 23.8. The van der Waals surface area contributed by atoms with E-state index in [2.05, 4.69) is 31.1 Å². The zero-order valence-electron chi connectivity index (χ0n) is 15.8. The van der Waals surface area contributed by atoms with Gasteiger partial charge in [-0.15, -0.1) is 5.54 Å². The Morgan fingerprint density at radius 3 is 2.50 bits per heavy atom. The van der Waals surface area contributed by atoms with Crippen LogP contribution in [0, 0.1) is 11.5 Å². The zero-order chi connectivity index (χ0) is 18.2. The maximum atomic E-state index is 10.7. The number of aliphatic hydroxyl groups excluding tert-OH is 1. The Bertz CT molecular complexity index is 542. The number of ether oxygens (including phenoxy) is 4. The molecule has 1 N–H and O–H groups in total. The molecule has 0 radical (unpaired) electrons. The summed E-state index contributed by atoms with van der Waals surface area (Å²) in [6.45, 7) is 12.0. The molecule has 0 aromatic heterocycles. The van der Waals surface area contributed by atoms with Gasteiger partial charge >= 0.3 is 0 Å². The van der Waals surface area contributed by atoms with Gasteiger partial charge in [-0.2, -0.15) is 0 Å². The lowest BCUT2D eigenvalue weighted by molar-refractivity contribution is -0.241.